The van der Waals surface area contributed by atoms with Crippen LogP contribution in [0.2, 0.25) is 0 Å². The summed E-state index contributed by atoms with van der Waals surface area (Å²) in [5.41, 5.74) is 0.931. The largest absolute Gasteiger partial charge is 0.307 e. The van der Waals surface area contributed by atoms with Crippen LogP contribution in [0.15, 0.2) is 47.5 Å². The summed E-state index contributed by atoms with van der Waals surface area (Å²) in [4.78, 5) is 16.6. The lowest BCUT2D eigenvalue weighted by Crippen LogP contribution is -2.28. The number of rotatable bonds is 4. The number of hydrogen-bond acceptors (Lipinski definition) is 4. The molecule has 24 heavy (non-hydrogen) atoms. The third-order valence-corrected chi connectivity index (χ3v) is 6.08. The highest BCUT2D eigenvalue weighted by Crippen LogP contribution is 2.25. The molecule has 1 fully saturated rings. The van der Waals surface area contributed by atoms with Crippen molar-refractivity contribution in [3.63, 3.8) is 0 Å². The van der Waals surface area contributed by atoms with Crippen LogP contribution < -0.4 is 5.32 Å². The van der Waals surface area contributed by atoms with Gasteiger partial charge in [-0.15, -0.1) is 0 Å². The summed E-state index contributed by atoms with van der Waals surface area (Å²) < 4.78 is 27.0. The number of aromatic nitrogens is 1. The van der Waals surface area contributed by atoms with Gasteiger partial charge in [-0.1, -0.05) is 12.1 Å². The van der Waals surface area contributed by atoms with Crippen molar-refractivity contribution in [2.75, 3.05) is 18.4 Å². The number of nitrogens with one attached hydrogen (secondary N) is 1. The molecular formula is C17H19N3O3S. The van der Waals surface area contributed by atoms with Crippen LogP contribution in [-0.4, -0.2) is 36.7 Å². The number of anilines is 1. The second kappa shape index (κ2) is 6.70. The van der Waals surface area contributed by atoms with Gasteiger partial charge in [0.25, 0.3) is 5.91 Å². The van der Waals surface area contributed by atoms with Crippen molar-refractivity contribution in [3.8, 4) is 0 Å². The molecule has 1 aliphatic heterocycles. The van der Waals surface area contributed by atoms with Crippen molar-refractivity contribution in [1.29, 1.82) is 0 Å². The molecule has 3 rings (SSSR count). The van der Waals surface area contributed by atoms with Gasteiger partial charge in [0.1, 0.15) is 5.82 Å². The number of amides is 1. The van der Waals surface area contributed by atoms with E-state index in [9.17, 15) is 13.2 Å². The quantitative estimate of drug-likeness (QED) is 0.923. The highest BCUT2D eigenvalue weighted by atomic mass is 32.2. The smallest absolute Gasteiger partial charge is 0.256 e. The van der Waals surface area contributed by atoms with Crippen LogP contribution in [0, 0.1) is 6.92 Å². The second-order valence-corrected chi connectivity index (χ2v) is 7.67. The number of carbonyl (C=O) groups is 1. The molecule has 0 atom stereocenters. The summed E-state index contributed by atoms with van der Waals surface area (Å²) in [6, 6.07) is 9.92. The summed E-state index contributed by atoms with van der Waals surface area (Å²) >= 11 is 0. The van der Waals surface area contributed by atoms with E-state index >= 15 is 0 Å². The minimum Gasteiger partial charge on any atom is -0.307 e. The number of carbonyl (C=O) groups excluding carboxylic acids is 1. The Bertz CT molecular complexity index is 845. The van der Waals surface area contributed by atoms with Crippen molar-refractivity contribution in [1.82, 2.24) is 9.29 Å². The van der Waals surface area contributed by atoms with Gasteiger partial charge in [-0.25, -0.2) is 13.4 Å². The molecule has 2 aromatic rings. The molecule has 1 aliphatic rings. The number of hydrogen-bond donors (Lipinski definition) is 1. The first-order valence-corrected chi connectivity index (χ1v) is 9.26. The maximum atomic E-state index is 12.8. The van der Waals surface area contributed by atoms with Gasteiger partial charge in [-0.05, 0) is 49.6 Å². The van der Waals surface area contributed by atoms with Crippen molar-refractivity contribution in [3.05, 3.63) is 53.7 Å². The molecule has 1 saturated heterocycles. The Labute approximate surface area is 141 Å². The predicted molar refractivity (Wildman–Crippen MR) is 91.4 cm³/mol. The Morgan fingerprint density at radius 3 is 2.58 bits per heavy atom. The van der Waals surface area contributed by atoms with Gasteiger partial charge < -0.3 is 5.32 Å². The van der Waals surface area contributed by atoms with E-state index in [2.05, 4.69) is 10.3 Å². The summed E-state index contributed by atoms with van der Waals surface area (Å²) in [5, 5.41) is 2.67. The molecule has 0 saturated carbocycles. The summed E-state index contributed by atoms with van der Waals surface area (Å²) in [7, 11) is -3.56. The van der Waals surface area contributed by atoms with Gasteiger partial charge in [0, 0.05) is 24.8 Å². The summed E-state index contributed by atoms with van der Waals surface area (Å²) in [5.74, 6) is 0.0404. The number of sulfonamides is 1. The van der Waals surface area contributed by atoms with Crippen LogP contribution in [0.5, 0.6) is 0 Å². The van der Waals surface area contributed by atoms with Crippen molar-refractivity contribution >= 4 is 21.7 Å². The van der Waals surface area contributed by atoms with Gasteiger partial charge in [0.05, 0.1) is 4.90 Å². The fourth-order valence-corrected chi connectivity index (χ4v) is 4.48. The van der Waals surface area contributed by atoms with E-state index in [1.165, 1.54) is 10.4 Å². The van der Waals surface area contributed by atoms with Gasteiger partial charge in [-0.3, -0.25) is 4.79 Å². The molecule has 0 aliphatic carbocycles. The minimum atomic E-state index is -3.56. The van der Waals surface area contributed by atoms with Crippen molar-refractivity contribution < 1.29 is 13.2 Å². The van der Waals surface area contributed by atoms with Crippen molar-refractivity contribution in [2.45, 2.75) is 24.7 Å². The zero-order valence-corrected chi connectivity index (χ0v) is 14.2. The first-order valence-electron chi connectivity index (χ1n) is 7.82. The van der Waals surface area contributed by atoms with Crippen molar-refractivity contribution in [2.24, 2.45) is 0 Å². The zero-order valence-electron chi connectivity index (χ0n) is 13.4. The third-order valence-electron chi connectivity index (χ3n) is 4.04. The predicted octanol–water partition coefficient (Wildman–Crippen LogP) is 2.43. The average molecular weight is 345 g/mol. The zero-order chi connectivity index (χ0) is 17.2. The SMILES string of the molecule is Cc1ccc(C(=O)Nc2ccccn2)cc1S(=O)(=O)N1CCCC1. The molecular weight excluding hydrogens is 326 g/mol. The van der Waals surface area contributed by atoms with Crippen LogP contribution in [-0.2, 0) is 10.0 Å². The first kappa shape index (κ1) is 16.6. The van der Waals surface area contributed by atoms with E-state index < -0.39 is 10.0 Å². The van der Waals surface area contributed by atoms with Crippen LogP contribution in [0.3, 0.4) is 0 Å². The molecule has 1 N–H and O–H groups in total. The maximum Gasteiger partial charge on any atom is 0.256 e. The fourth-order valence-electron chi connectivity index (χ4n) is 2.71. The lowest BCUT2D eigenvalue weighted by Gasteiger charge is -2.17. The minimum absolute atomic E-state index is 0.193. The molecule has 1 aromatic heterocycles. The second-order valence-electron chi connectivity index (χ2n) is 5.76. The standard InChI is InChI=1S/C17H19N3O3S/c1-13-7-8-14(17(21)19-16-6-2-3-9-18-16)12-15(13)24(22,23)20-10-4-5-11-20/h2-3,6-9,12H,4-5,10-11H2,1H3,(H,18,19,21). The van der Waals surface area contributed by atoms with E-state index in [0.29, 0.717) is 30.0 Å². The van der Waals surface area contributed by atoms with Gasteiger partial charge >= 0.3 is 0 Å². The molecule has 0 spiro atoms. The van der Waals surface area contributed by atoms with Crippen LogP contribution in [0.25, 0.3) is 0 Å². The lowest BCUT2D eigenvalue weighted by molar-refractivity contribution is 0.102. The average Bonchev–Trinajstić information content (AvgIpc) is 3.11. The van der Waals surface area contributed by atoms with E-state index in [4.69, 9.17) is 0 Å². The van der Waals surface area contributed by atoms with E-state index in [-0.39, 0.29) is 10.8 Å². The van der Waals surface area contributed by atoms with Crippen LogP contribution in [0.4, 0.5) is 5.82 Å². The summed E-state index contributed by atoms with van der Waals surface area (Å²) in [6.07, 6.45) is 3.32. The summed E-state index contributed by atoms with van der Waals surface area (Å²) in [6.45, 7) is 2.81. The molecule has 0 radical (unpaired) electrons. The normalized spacial score (nSPS) is 15.4. The Balaban J connectivity index is 1.90. The Morgan fingerprint density at radius 2 is 1.92 bits per heavy atom. The molecule has 0 bridgehead atoms. The molecule has 0 unspecified atom stereocenters. The Hall–Kier alpha value is -2.25. The monoisotopic (exact) mass is 345 g/mol. The molecule has 7 heteroatoms. The highest BCUT2D eigenvalue weighted by Gasteiger charge is 2.29. The van der Waals surface area contributed by atoms with E-state index in [1.807, 2.05) is 0 Å². The van der Waals surface area contributed by atoms with Gasteiger partial charge in [0.15, 0.2) is 0 Å². The highest BCUT2D eigenvalue weighted by molar-refractivity contribution is 7.89. The van der Waals surface area contributed by atoms with Crippen LogP contribution >= 0.6 is 0 Å². The lowest BCUT2D eigenvalue weighted by atomic mass is 10.1. The maximum absolute atomic E-state index is 12.8. The molecule has 6 nitrogen and oxygen atoms in total. The number of benzene rings is 1. The van der Waals surface area contributed by atoms with E-state index in [1.54, 1.807) is 43.5 Å². The van der Waals surface area contributed by atoms with Crippen LogP contribution in [0.1, 0.15) is 28.8 Å². The number of aryl methyl sites for hydroxylation is 1. The number of nitrogens with zero attached hydrogens (tertiary/aromatic N) is 2. The molecule has 1 amide bonds. The first-order chi connectivity index (χ1) is 11.5. The van der Waals surface area contributed by atoms with Gasteiger partial charge in [-0.2, -0.15) is 4.31 Å². The molecule has 2 heterocycles. The molecule has 126 valence electrons. The fraction of sp³-hybridized carbons (Fsp3) is 0.294. The Kier molecular flexibility index (Phi) is 4.64. The third kappa shape index (κ3) is 3.32. The van der Waals surface area contributed by atoms with E-state index in [0.717, 1.165) is 12.8 Å². The molecule has 1 aromatic carbocycles. The van der Waals surface area contributed by atoms with Gasteiger partial charge in [0.2, 0.25) is 10.0 Å². The topological polar surface area (TPSA) is 79.4 Å². The Morgan fingerprint density at radius 1 is 1.17 bits per heavy atom. The number of pyridine rings is 1.